The Kier molecular flexibility index (Phi) is 4.53. The lowest BCUT2D eigenvalue weighted by molar-refractivity contribution is 0.596. The lowest BCUT2D eigenvalue weighted by atomic mass is 10.2. The van der Waals surface area contributed by atoms with E-state index in [0.29, 0.717) is 11.3 Å². The smallest absolute Gasteiger partial charge is 0.233 e. The van der Waals surface area contributed by atoms with E-state index in [0.717, 1.165) is 9.87 Å². The van der Waals surface area contributed by atoms with Gasteiger partial charge in [-0.2, -0.15) is 0 Å². The SMILES string of the molecule is C#Cc1ccccc1N(C=C=C)S(=O)(=O)c1ccc(C)cc1. The molecule has 0 spiro atoms. The Hall–Kier alpha value is -2.73. The maximum atomic E-state index is 12.9. The summed E-state index contributed by atoms with van der Waals surface area (Å²) in [5, 5.41) is 0. The Balaban J connectivity index is 2.64. The van der Waals surface area contributed by atoms with Crippen LogP contribution in [0.4, 0.5) is 5.69 Å². The minimum Gasteiger partial charge on any atom is -0.233 e. The molecule has 0 saturated heterocycles. The molecular weight excluding hydrogens is 294 g/mol. The molecule has 2 aromatic rings. The van der Waals surface area contributed by atoms with Crippen molar-refractivity contribution in [1.82, 2.24) is 0 Å². The molecule has 22 heavy (non-hydrogen) atoms. The highest BCUT2D eigenvalue weighted by Crippen LogP contribution is 2.27. The number of terminal acetylenes is 1. The van der Waals surface area contributed by atoms with Gasteiger partial charge in [0.25, 0.3) is 10.0 Å². The van der Waals surface area contributed by atoms with Crippen LogP contribution in [-0.2, 0) is 10.0 Å². The summed E-state index contributed by atoms with van der Waals surface area (Å²) in [4.78, 5) is 0.177. The van der Waals surface area contributed by atoms with Crippen LogP contribution < -0.4 is 4.31 Å². The molecule has 110 valence electrons. The Morgan fingerprint density at radius 3 is 2.36 bits per heavy atom. The number of aryl methyl sites for hydroxylation is 1. The predicted molar refractivity (Wildman–Crippen MR) is 88.9 cm³/mol. The fourth-order valence-corrected chi connectivity index (χ4v) is 3.30. The van der Waals surface area contributed by atoms with E-state index < -0.39 is 10.0 Å². The van der Waals surface area contributed by atoms with Gasteiger partial charge in [-0.25, -0.2) is 12.7 Å². The molecule has 0 aliphatic carbocycles. The first-order valence-corrected chi connectivity index (χ1v) is 7.97. The Labute approximate surface area is 131 Å². The van der Waals surface area contributed by atoms with E-state index in [-0.39, 0.29) is 4.90 Å². The fourth-order valence-electron chi connectivity index (χ4n) is 1.96. The van der Waals surface area contributed by atoms with E-state index >= 15 is 0 Å². The van der Waals surface area contributed by atoms with Gasteiger partial charge in [0.05, 0.1) is 16.8 Å². The topological polar surface area (TPSA) is 37.4 Å². The third-order valence-electron chi connectivity index (χ3n) is 3.08. The zero-order valence-corrected chi connectivity index (χ0v) is 13.0. The van der Waals surface area contributed by atoms with Crippen molar-refractivity contribution in [1.29, 1.82) is 0 Å². The van der Waals surface area contributed by atoms with Crippen LogP contribution in [0.2, 0.25) is 0 Å². The lowest BCUT2D eigenvalue weighted by Crippen LogP contribution is -2.26. The van der Waals surface area contributed by atoms with Crippen molar-refractivity contribution in [3.8, 4) is 12.3 Å². The first-order valence-electron chi connectivity index (χ1n) is 6.53. The minimum absolute atomic E-state index is 0.177. The second-order valence-corrected chi connectivity index (χ2v) is 6.42. The molecule has 0 atom stereocenters. The maximum Gasteiger partial charge on any atom is 0.268 e. The molecule has 0 bridgehead atoms. The van der Waals surface area contributed by atoms with E-state index in [9.17, 15) is 8.42 Å². The van der Waals surface area contributed by atoms with Crippen LogP contribution in [0.5, 0.6) is 0 Å². The van der Waals surface area contributed by atoms with Gasteiger partial charge in [0.1, 0.15) is 0 Å². The average Bonchev–Trinajstić information content (AvgIpc) is 2.53. The molecule has 3 nitrogen and oxygen atoms in total. The van der Waals surface area contributed by atoms with Gasteiger partial charge in [-0.15, -0.1) is 12.2 Å². The van der Waals surface area contributed by atoms with Gasteiger partial charge >= 0.3 is 0 Å². The van der Waals surface area contributed by atoms with Gasteiger partial charge < -0.3 is 0 Å². The summed E-state index contributed by atoms with van der Waals surface area (Å²) < 4.78 is 26.8. The zero-order chi connectivity index (χ0) is 16.2. The molecule has 2 aromatic carbocycles. The Bertz CT molecular complexity index is 868. The highest BCUT2D eigenvalue weighted by atomic mass is 32.2. The molecule has 0 aromatic heterocycles. The largest absolute Gasteiger partial charge is 0.268 e. The molecule has 0 aliphatic rings. The molecule has 0 aliphatic heterocycles. The Morgan fingerprint density at radius 1 is 1.14 bits per heavy atom. The summed E-state index contributed by atoms with van der Waals surface area (Å²) >= 11 is 0. The van der Waals surface area contributed by atoms with Gasteiger partial charge in [0.15, 0.2) is 0 Å². The second kappa shape index (κ2) is 6.36. The number of hydrogen-bond donors (Lipinski definition) is 0. The molecule has 0 heterocycles. The van der Waals surface area contributed by atoms with Gasteiger partial charge in [-0.1, -0.05) is 42.3 Å². The van der Waals surface area contributed by atoms with Crippen molar-refractivity contribution >= 4 is 15.7 Å². The standard InChI is InChI=1S/C18H15NO2S/c1-4-14-19(18-9-7-6-8-16(18)5-2)22(20,21)17-12-10-15(3)11-13-17/h2,6-14H,1H2,3H3. The monoisotopic (exact) mass is 309 g/mol. The highest BCUT2D eigenvalue weighted by molar-refractivity contribution is 7.93. The van der Waals surface area contributed by atoms with Gasteiger partial charge in [0.2, 0.25) is 0 Å². The number of sulfonamides is 1. The minimum atomic E-state index is -3.79. The number of para-hydroxylation sites is 1. The van der Waals surface area contributed by atoms with Crippen LogP contribution in [0.1, 0.15) is 11.1 Å². The molecule has 0 saturated carbocycles. The summed E-state index contributed by atoms with van der Waals surface area (Å²) in [7, 11) is -3.79. The van der Waals surface area contributed by atoms with Gasteiger partial charge in [-0.3, -0.25) is 0 Å². The number of hydrogen-bond acceptors (Lipinski definition) is 2. The van der Waals surface area contributed by atoms with Crippen LogP contribution in [0.15, 0.2) is 71.9 Å². The summed E-state index contributed by atoms with van der Waals surface area (Å²) in [6.45, 7) is 5.36. The molecule has 0 amide bonds. The van der Waals surface area contributed by atoms with Crippen molar-refractivity contribution in [3.63, 3.8) is 0 Å². The van der Waals surface area contributed by atoms with Crippen molar-refractivity contribution < 1.29 is 8.42 Å². The summed E-state index contributed by atoms with van der Waals surface area (Å²) in [5.74, 6) is 2.49. The molecule has 0 unspecified atom stereocenters. The van der Waals surface area contributed by atoms with Crippen molar-refractivity contribution in [3.05, 3.63) is 78.2 Å². The number of rotatable bonds is 4. The molecule has 4 heteroatoms. The predicted octanol–water partition coefficient (Wildman–Crippen LogP) is 3.47. The van der Waals surface area contributed by atoms with Gasteiger partial charge in [0, 0.05) is 5.56 Å². The third kappa shape index (κ3) is 2.96. The summed E-state index contributed by atoms with van der Waals surface area (Å²) in [6.07, 6.45) is 6.73. The number of benzene rings is 2. The van der Waals surface area contributed by atoms with Crippen molar-refractivity contribution in [2.24, 2.45) is 0 Å². The molecule has 0 radical (unpaired) electrons. The molecule has 0 N–H and O–H groups in total. The van der Waals surface area contributed by atoms with Crippen LogP contribution >= 0.6 is 0 Å². The first kappa shape index (κ1) is 15.7. The van der Waals surface area contributed by atoms with E-state index in [1.54, 1.807) is 48.5 Å². The van der Waals surface area contributed by atoms with E-state index in [4.69, 9.17) is 6.42 Å². The molecular formula is C18H15NO2S. The summed E-state index contributed by atoms with van der Waals surface area (Å²) in [6, 6.07) is 13.4. The normalized spacial score (nSPS) is 10.4. The van der Waals surface area contributed by atoms with Crippen LogP contribution in [0, 0.1) is 19.3 Å². The van der Waals surface area contributed by atoms with Crippen molar-refractivity contribution in [2.45, 2.75) is 11.8 Å². The van der Waals surface area contributed by atoms with E-state index in [1.165, 1.54) is 6.20 Å². The maximum absolute atomic E-state index is 12.9. The Morgan fingerprint density at radius 2 is 1.77 bits per heavy atom. The zero-order valence-electron chi connectivity index (χ0n) is 12.2. The van der Waals surface area contributed by atoms with Gasteiger partial charge in [-0.05, 0) is 31.2 Å². The van der Waals surface area contributed by atoms with Crippen LogP contribution in [-0.4, -0.2) is 8.42 Å². The average molecular weight is 309 g/mol. The van der Waals surface area contributed by atoms with Crippen LogP contribution in [0.25, 0.3) is 0 Å². The first-order chi connectivity index (χ1) is 10.5. The number of nitrogens with zero attached hydrogens (tertiary/aromatic N) is 1. The lowest BCUT2D eigenvalue weighted by Gasteiger charge is -2.21. The highest BCUT2D eigenvalue weighted by Gasteiger charge is 2.24. The summed E-state index contributed by atoms with van der Waals surface area (Å²) in [5.41, 5.74) is 4.36. The number of anilines is 1. The molecule has 2 rings (SSSR count). The fraction of sp³-hybridized carbons (Fsp3) is 0.0556. The van der Waals surface area contributed by atoms with E-state index in [1.807, 2.05) is 6.92 Å². The van der Waals surface area contributed by atoms with Crippen LogP contribution in [0.3, 0.4) is 0 Å². The van der Waals surface area contributed by atoms with Crippen molar-refractivity contribution in [2.75, 3.05) is 4.31 Å². The third-order valence-corrected chi connectivity index (χ3v) is 4.77. The molecule has 0 fully saturated rings. The second-order valence-electron chi connectivity index (χ2n) is 4.61. The van der Waals surface area contributed by atoms with E-state index in [2.05, 4.69) is 18.2 Å². The quantitative estimate of drug-likeness (QED) is 0.640.